The molecule has 1 saturated heterocycles. The lowest BCUT2D eigenvalue weighted by Gasteiger charge is -2.31. The summed E-state index contributed by atoms with van der Waals surface area (Å²) >= 11 is 0. The van der Waals surface area contributed by atoms with Gasteiger partial charge in [0, 0.05) is 25.9 Å². The Morgan fingerprint density at radius 3 is 2.96 bits per heavy atom. The molecule has 1 aromatic heterocycles. The molecule has 0 unspecified atom stereocenters. The van der Waals surface area contributed by atoms with E-state index in [1.807, 2.05) is 35.2 Å². The molecule has 6 heteroatoms. The minimum atomic E-state index is 0.0193. The number of rotatable bonds is 5. The van der Waals surface area contributed by atoms with Crippen molar-refractivity contribution in [2.45, 2.75) is 32.3 Å². The highest BCUT2D eigenvalue weighted by Crippen LogP contribution is 2.24. The van der Waals surface area contributed by atoms with Gasteiger partial charge in [0.05, 0.1) is 6.61 Å². The molecule has 0 aliphatic carbocycles. The van der Waals surface area contributed by atoms with Gasteiger partial charge in [0.1, 0.15) is 6.61 Å². The zero-order chi connectivity index (χ0) is 16.1. The zero-order valence-electron chi connectivity index (χ0n) is 13.3. The molecule has 0 spiro atoms. The Kier molecular flexibility index (Phi) is 5.02. The smallest absolute Gasteiger partial charge is 0.248 e. The second-order valence-electron chi connectivity index (χ2n) is 5.83. The fourth-order valence-electron chi connectivity index (χ4n) is 2.82. The van der Waals surface area contributed by atoms with Crippen molar-refractivity contribution < 1.29 is 14.1 Å². The Morgan fingerprint density at radius 2 is 2.22 bits per heavy atom. The van der Waals surface area contributed by atoms with E-state index in [1.165, 1.54) is 0 Å². The molecular formula is C17H21N3O3. The van der Waals surface area contributed by atoms with Crippen LogP contribution >= 0.6 is 0 Å². The standard InChI is InChI=1S/C17H21N3O3/c1-13-18-17(19-23-13)15-8-5-9-20(10-15)16(21)12-22-11-14-6-3-2-4-7-14/h2-4,6-7,15H,5,8-12H2,1H3/t15-/m0/s1. The number of aromatic nitrogens is 2. The lowest BCUT2D eigenvalue weighted by Crippen LogP contribution is -2.41. The molecule has 23 heavy (non-hydrogen) atoms. The predicted octanol–water partition coefficient (Wildman–Crippen LogP) is 2.30. The van der Waals surface area contributed by atoms with E-state index in [1.54, 1.807) is 6.92 Å². The van der Waals surface area contributed by atoms with Crippen LogP contribution in [-0.4, -0.2) is 40.6 Å². The first-order chi connectivity index (χ1) is 11.2. The monoisotopic (exact) mass is 315 g/mol. The zero-order valence-corrected chi connectivity index (χ0v) is 13.3. The number of piperidine rings is 1. The Morgan fingerprint density at radius 1 is 1.39 bits per heavy atom. The van der Waals surface area contributed by atoms with Crippen LogP contribution in [0.15, 0.2) is 34.9 Å². The van der Waals surface area contributed by atoms with E-state index in [0.29, 0.717) is 24.9 Å². The molecular weight excluding hydrogens is 294 g/mol. The molecule has 6 nitrogen and oxygen atoms in total. The Hall–Kier alpha value is -2.21. The van der Waals surface area contributed by atoms with Crippen LogP contribution in [0.2, 0.25) is 0 Å². The summed E-state index contributed by atoms with van der Waals surface area (Å²) in [4.78, 5) is 18.4. The molecule has 122 valence electrons. The van der Waals surface area contributed by atoms with Crippen LogP contribution in [0, 0.1) is 6.92 Å². The van der Waals surface area contributed by atoms with Crippen LogP contribution in [0.25, 0.3) is 0 Å². The van der Waals surface area contributed by atoms with E-state index in [2.05, 4.69) is 10.1 Å². The van der Waals surface area contributed by atoms with Crippen LogP contribution < -0.4 is 0 Å². The number of carbonyl (C=O) groups excluding carboxylic acids is 1. The predicted molar refractivity (Wildman–Crippen MR) is 83.7 cm³/mol. The van der Waals surface area contributed by atoms with E-state index in [0.717, 1.165) is 24.9 Å². The average Bonchev–Trinajstić information content (AvgIpc) is 3.02. The van der Waals surface area contributed by atoms with E-state index in [9.17, 15) is 4.79 Å². The summed E-state index contributed by atoms with van der Waals surface area (Å²) in [6.07, 6.45) is 1.93. The number of likely N-dealkylation sites (tertiary alicyclic amines) is 1. The van der Waals surface area contributed by atoms with Gasteiger partial charge in [-0.3, -0.25) is 4.79 Å². The van der Waals surface area contributed by atoms with Crippen LogP contribution in [0.3, 0.4) is 0 Å². The van der Waals surface area contributed by atoms with Crippen LogP contribution in [0.4, 0.5) is 0 Å². The number of aryl methyl sites for hydroxylation is 1. The summed E-state index contributed by atoms with van der Waals surface area (Å²) in [6.45, 7) is 3.73. The van der Waals surface area contributed by atoms with Gasteiger partial charge in [0.15, 0.2) is 5.82 Å². The van der Waals surface area contributed by atoms with Gasteiger partial charge in [-0.1, -0.05) is 35.5 Å². The third kappa shape index (κ3) is 4.16. The van der Waals surface area contributed by atoms with E-state index < -0.39 is 0 Å². The topological polar surface area (TPSA) is 68.5 Å². The average molecular weight is 315 g/mol. The van der Waals surface area contributed by atoms with E-state index >= 15 is 0 Å². The maximum Gasteiger partial charge on any atom is 0.248 e. The number of benzene rings is 1. The van der Waals surface area contributed by atoms with Gasteiger partial charge in [-0.25, -0.2) is 0 Å². The number of carbonyl (C=O) groups is 1. The van der Waals surface area contributed by atoms with Gasteiger partial charge < -0.3 is 14.2 Å². The van der Waals surface area contributed by atoms with Gasteiger partial charge in [-0.15, -0.1) is 0 Å². The van der Waals surface area contributed by atoms with Crippen molar-refractivity contribution in [3.63, 3.8) is 0 Å². The number of ether oxygens (including phenoxy) is 1. The lowest BCUT2D eigenvalue weighted by molar-refractivity contribution is -0.137. The summed E-state index contributed by atoms with van der Waals surface area (Å²) in [5, 5.41) is 3.98. The van der Waals surface area contributed by atoms with E-state index in [-0.39, 0.29) is 18.4 Å². The molecule has 0 radical (unpaired) electrons. The fourth-order valence-corrected chi connectivity index (χ4v) is 2.82. The first-order valence-corrected chi connectivity index (χ1v) is 7.92. The van der Waals surface area contributed by atoms with Crippen molar-refractivity contribution in [2.24, 2.45) is 0 Å². The van der Waals surface area contributed by atoms with Crippen molar-refractivity contribution in [1.82, 2.24) is 15.0 Å². The Balaban J connectivity index is 1.49. The fraction of sp³-hybridized carbons (Fsp3) is 0.471. The van der Waals surface area contributed by atoms with Crippen LogP contribution in [0.1, 0.15) is 36.0 Å². The summed E-state index contributed by atoms with van der Waals surface area (Å²) in [7, 11) is 0. The SMILES string of the molecule is Cc1nc([C@H]2CCCN(C(=O)COCc3ccccc3)C2)no1. The van der Waals surface area contributed by atoms with Crippen molar-refractivity contribution in [3.8, 4) is 0 Å². The molecule has 2 aromatic rings. The van der Waals surface area contributed by atoms with E-state index in [4.69, 9.17) is 9.26 Å². The molecule has 0 saturated carbocycles. The molecule has 1 aliphatic rings. The Bertz CT molecular complexity index is 642. The van der Waals surface area contributed by atoms with Crippen molar-refractivity contribution in [1.29, 1.82) is 0 Å². The quantitative estimate of drug-likeness (QED) is 0.847. The molecule has 1 fully saturated rings. The first-order valence-electron chi connectivity index (χ1n) is 7.92. The van der Waals surface area contributed by atoms with Gasteiger partial charge in [0.25, 0.3) is 0 Å². The summed E-state index contributed by atoms with van der Waals surface area (Å²) < 4.78 is 10.6. The number of amides is 1. The van der Waals surface area contributed by atoms with Crippen LogP contribution in [0.5, 0.6) is 0 Å². The minimum Gasteiger partial charge on any atom is -0.367 e. The van der Waals surface area contributed by atoms with Gasteiger partial charge in [-0.2, -0.15) is 4.98 Å². The normalized spacial score (nSPS) is 18.1. The molecule has 1 atom stereocenters. The molecule has 2 heterocycles. The van der Waals surface area contributed by atoms with Crippen molar-refractivity contribution in [3.05, 3.63) is 47.6 Å². The second kappa shape index (κ2) is 7.37. The summed E-state index contributed by atoms with van der Waals surface area (Å²) in [5.74, 6) is 1.44. The molecule has 0 bridgehead atoms. The highest BCUT2D eigenvalue weighted by molar-refractivity contribution is 5.77. The molecule has 1 aliphatic heterocycles. The van der Waals surface area contributed by atoms with Gasteiger partial charge >= 0.3 is 0 Å². The Labute approximate surface area is 135 Å². The lowest BCUT2D eigenvalue weighted by atomic mass is 9.97. The minimum absolute atomic E-state index is 0.0193. The highest BCUT2D eigenvalue weighted by atomic mass is 16.5. The molecule has 0 N–H and O–H groups in total. The maximum atomic E-state index is 12.3. The van der Waals surface area contributed by atoms with Gasteiger partial charge in [0.2, 0.25) is 11.8 Å². The van der Waals surface area contributed by atoms with Crippen molar-refractivity contribution in [2.75, 3.05) is 19.7 Å². The highest BCUT2D eigenvalue weighted by Gasteiger charge is 2.27. The third-order valence-electron chi connectivity index (χ3n) is 4.02. The first kappa shape index (κ1) is 15.7. The second-order valence-corrected chi connectivity index (χ2v) is 5.83. The molecule has 3 rings (SSSR count). The van der Waals surface area contributed by atoms with Gasteiger partial charge in [-0.05, 0) is 18.4 Å². The summed E-state index contributed by atoms with van der Waals surface area (Å²) in [5.41, 5.74) is 1.07. The molecule has 1 amide bonds. The van der Waals surface area contributed by atoms with Crippen molar-refractivity contribution >= 4 is 5.91 Å². The largest absolute Gasteiger partial charge is 0.367 e. The number of nitrogens with zero attached hydrogens (tertiary/aromatic N) is 3. The molecule has 1 aromatic carbocycles. The van der Waals surface area contributed by atoms with Crippen LogP contribution in [-0.2, 0) is 16.1 Å². The summed E-state index contributed by atoms with van der Waals surface area (Å²) in [6, 6.07) is 9.85. The third-order valence-corrected chi connectivity index (χ3v) is 4.02. The number of hydrogen-bond acceptors (Lipinski definition) is 5. The maximum absolute atomic E-state index is 12.3. The number of hydrogen-bond donors (Lipinski definition) is 0.